The van der Waals surface area contributed by atoms with Crippen LogP contribution in [-0.4, -0.2) is 11.7 Å². The third-order valence-corrected chi connectivity index (χ3v) is 3.37. The van der Waals surface area contributed by atoms with Crippen molar-refractivity contribution in [1.82, 2.24) is 0 Å². The van der Waals surface area contributed by atoms with Crippen LogP contribution in [0.4, 0.5) is 4.39 Å². The van der Waals surface area contributed by atoms with E-state index in [2.05, 4.69) is 0 Å². The van der Waals surface area contributed by atoms with Gasteiger partial charge in [0.05, 0.1) is 0 Å². The number of rotatable bonds is 1. The molecular weight excluding hydrogens is 141 g/mol. The van der Waals surface area contributed by atoms with E-state index in [1.54, 1.807) is 0 Å². The minimum Gasteiger partial charge on any atom is -0.328 e. The molecule has 0 aromatic heterocycles. The second-order valence-electron chi connectivity index (χ2n) is 4.17. The standard InChI is InChI=1S/C9H16FN/c10-9(7-2-1-3-7)5-4-8(11)6-9/h7-8H,1-6,11H2. The topological polar surface area (TPSA) is 26.0 Å². The van der Waals surface area contributed by atoms with Gasteiger partial charge >= 0.3 is 0 Å². The Bertz CT molecular complexity index is 156. The summed E-state index contributed by atoms with van der Waals surface area (Å²) in [6.07, 6.45) is 5.67. The average molecular weight is 157 g/mol. The quantitative estimate of drug-likeness (QED) is 0.619. The highest BCUT2D eigenvalue weighted by Gasteiger charge is 2.46. The van der Waals surface area contributed by atoms with Crippen LogP contribution >= 0.6 is 0 Å². The Balaban J connectivity index is 1.98. The van der Waals surface area contributed by atoms with Gasteiger partial charge in [0.2, 0.25) is 0 Å². The van der Waals surface area contributed by atoms with Crippen molar-refractivity contribution in [3.05, 3.63) is 0 Å². The fourth-order valence-corrected chi connectivity index (χ4v) is 2.36. The van der Waals surface area contributed by atoms with Crippen LogP contribution in [0.15, 0.2) is 0 Å². The molecule has 2 N–H and O–H groups in total. The molecule has 0 saturated heterocycles. The molecular formula is C9H16FN. The van der Waals surface area contributed by atoms with E-state index in [9.17, 15) is 4.39 Å². The molecule has 0 radical (unpaired) electrons. The number of hydrogen-bond donors (Lipinski definition) is 1. The number of halogens is 1. The van der Waals surface area contributed by atoms with Crippen molar-refractivity contribution in [3.63, 3.8) is 0 Å². The maximum absolute atomic E-state index is 13.9. The Morgan fingerprint density at radius 3 is 2.36 bits per heavy atom. The highest BCUT2D eigenvalue weighted by Crippen LogP contribution is 2.47. The van der Waals surface area contributed by atoms with Gasteiger partial charge in [0.15, 0.2) is 0 Å². The van der Waals surface area contributed by atoms with E-state index < -0.39 is 5.67 Å². The minimum absolute atomic E-state index is 0.139. The van der Waals surface area contributed by atoms with E-state index >= 15 is 0 Å². The van der Waals surface area contributed by atoms with Gasteiger partial charge in [-0.15, -0.1) is 0 Å². The first-order valence-corrected chi connectivity index (χ1v) is 4.65. The summed E-state index contributed by atoms with van der Waals surface area (Å²) in [7, 11) is 0. The van der Waals surface area contributed by atoms with E-state index in [0.717, 1.165) is 25.7 Å². The summed E-state index contributed by atoms with van der Waals surface area (Å²) in [5, 5.41) is 0. The summed E-state index contributed by atoms with van der Waals surface area (Å²) in [6, 6.07) is 0.139. The molecule has 0 bridgehead atoms. The van der Waals surface area contributed by atoms with Gasteiger partial charge in [0, 0.05) is 6.04 Å². The van der Waals surface area contributed by atoms with Crippen molar-refractivity contribution in [2.75, 3.05) is 0 Å². The van der Waals surface area contributed by atoms with E-state index in [0.29, 0.717) is 12.3 Å². The van der Waals surface area contributed by atoms with Gasteiger partial charge in [-0.25, -0.2) is 4.39 Å². The molecule has 2 unspecified atom stereocenters. The fourth-order valence-electron chi connectivity index (χ4n) is 2.36. The zero-order valence-corrected chi connectivity index (χ0v) is 6.85. The van der Waals surface area contributed by atoms with Gasteiger partial charge in [-0.2, -0.15) is 0 Å². The van der Waals surface area contributed by atoms with Gasteiger partial charge < -0.3 is 5.73 Å². The molecule has 2 aliphatic rings. The summed E-state index contributed by atoms with van der Waals surface area (Å²) >= 11 is 0. The zero-order chi connectivity index (χ0) is 7.90. The second-order valence-corrected chi connectivity index (χ2v) is 4.17. The van der Waals surface area contributed by atoms with Gasteiger partial charge in [-0.3, -0.25) is 0 Å². The van der Waals surface area contributed by atoms with Crippen LogP contribution in [0.2, 0.25) is 0 Å². The van der Waals surface area contributed by atoms with Crippen molar-refractivity contribution < 1.29 is 4.39 Å². The smallest absolute Gasteiger partial charge is 0.115 e. The maximum Gasteiger partial charge on any atom is 0.115 e. The summed E-state index contributed by atoms with van der Waals surface area (Å²) < 4.78 is 13.9. The molecule has 0 aromatic carbocycles. The van der Waals surface area contributed by atoms with Crippen LogP contribution in [0.25, 0.3) is 0 Å². The molecule has 2 heteroatoms. The molecule has 0 amide bonds. The molecule has 11 heavy (non-hydrogen) atoms. The third-order valence-electron chi connectivity index (χ3n) is 3.37. The predicted octanol–water partition coefficient (Wildman–Crippen LogP) is 2.01. The maximum atomic E-state index is 13.9. The molecule has 2 aliphatic carbocycles. The van der Waals surface area contributed by atoms with Crippen molar-refractivity contribution >= 4 is 0 Å². The molecule has 1 nitrogen and oxygen atoms in total. The number of nitrogens with two attached hydrogens (primary N) is 1. The first kappa shape index (κ1) is 7.53. The molecule has 2 atom stereocenters. The molecule has 2 fully saturated rings. The van der Waals surface area contributed by atoms with Crippen molar-refractivity contribution in [2.24, 2.45) is 11.7 Å². The summed E-state index contributed by atoms with van der Waals surface area (Å²) in [5.41, 5.74) is 4.82. The first-order chi connectivity index (χ1) is 5.21. The van der Waals surface area contributed by atoms with E-state index in [4.69, 9.17) is 5.73 Å². The van der Waals surface area contributed by atoms with Crippen LogP contribution < -0.4 is 5.73 Å². The molecule has 2 rings (SSSR count). The third kappa shape index (κ3) is 1.18. The van der Waals surface area contributed by atoms with E-state index in [1.165, 1.54) is 6.42 Å². The molecule has 0 spiro atoms. The lowest BCUT2D eigenvalue weighted by Gasteiger charge is -2.36. The van der Waals surface area contributed by atoms with Crippen LogP contribution in [0.1, 0.15) is 38.5 Å². The highest BCUT2D eigenvalue weighted by molar-refractivity contribution is 4.99. The highest BCUT2D eigenvalue weighted by atomic mass is 19.1. The molecule has 0 heterocycles. The van der Waals surface area contributed by atoms with Gasteiger partial charge in [0.25, 0.3) is 0 Å². The normalized spacial score (nSPS) is 45.8. The Kier molecular flexibility index (Phi) is 1.67. The Morgan fingerprint density at radius 2 is 2.00 bits per heavy atom. The Morgan fingerprint density at radius 1 is 1.27 bits per heavy atom. The van der Waals surface area contributed by atoms with E-state index in [1.807, 2.05) is 0 Å². The number of alkyl halides is 1. The van der Waals surface area contributed by atoms with Crippen molar-refractivity contribution in [2.45, 2.75) is 50.2 Å². The van der Waals surface area contributed by atoms with Crippen LogP contribution in [0, 0.1) is 5.92 Å². The molecule has 0 aromatic rings. The van der Waals surface area contributed by atoms with Crippen LogP contribution in [-0.2, 0) is 0 Å². The summed E-state index contributed by atoms with van der Waals surface area (Å²) in [5.74, 6) is 0.357. The van der Waals surface area contributed by atoms with Gasteiger partial charge in [-0.05, 0) is 38.0 Å². The summed E-state index contributed by atoms with van der Waals surface area (Å²) in [6.45, 7) is 0. The number of hydrogen-bond acceptors (Lipinski definition) is 1. The fraction of sp³-hybridized carbons (Fsp3) is 1.00. The summed E-state index contributed by atoms with van der Waals surface area (Å²) in [4.78, 5) is 0. The SMILES string of the molecule is NC1CCC(F)(C2CCC2)C1. The average Bonchev–Trinajstić information content (AvgIpc) is 2.06. The minimum atomic E-state index is -0.863. The lowest BCUT2D eigenvalue weighted by molar-refractivity contribution is 0.0371. The predicted molar refractivity (Wildman–Crippen MR) is 43.0 cm³/mol. The molecule has 2 saturated carbocycles. The lowest BCUT2D eigenvalue weighted by Crippen LogP contribution is -2.36. The monoisotopic (exact) mass is 157 g/mol. The lowest BCUT2D eigenvalue weighted by atomic mass is 9.73. The molecule has 0 aliphatic heterocycles. The van der Waals surface area contributed by atoms with E-state index in [-0.39, 0.29) is 6.04 Å². The van der Waals surface area contributed by atoms with Crippen molar-refractivity contribution in [3.8, 4) is 0 Å². The zero-order valence-electron chi connectivity index (χ0n) is 6.85. The second kappa shape index (κ2) is 2.44. The van der Waals surface area contributed by atoms with Gasteiger partial charge in [0.1, 0.15) is 5.67 Å². The largest absolute Gasteiger partial charge is 0.328 e. The van der Waals surface area contributed by atoms with Crippen molar-refractivity contribution in [1.29, 1.82) is 0 Å². The Labute approximate surface area is 67.2 Å². The first-order valence-electron chi connectivity index (χ1n) is 4.65. The van der Waals surface area contributed by atoms with Gasteiger partial charge in [-0.1, -0.05) is 6.42 Å². The molecule has 64 valence electrons. The van der Waals surface area contributed by atoms with Crippen LogP contribution in [0.5, 0.6) is 0 Å². The van der Waals surface area contributed by atoms with Crippen LogP contribution in [0.3, 0.4) is 0 Å². The Hall–Kier alpha value is -0.110.